The zero-order chi connectivity index (χ0) is 13.2. The van der Waals surface area contributed by atoms with Crippen LogP contribution in [-0.2, 0) is 10.9 Å². The molecule has 1 unspecified atom stereocenters. The second-order valence-corrected chi connectivity index (χ2v) is 5.16. The summed E-state index contributed by atoms with van der Waals surface area (Å²) in [7, 11) is 0. The van der Waals surface area contributed by atoms with Gasteiger partial charge in [-0.3, -0.25) is 0 Å². The van der Waals surface area contributed by atoms with E-state index >= 15 is 0 Å². The van der Waals surface area contributed by atoms with Crippen molar-refractivity contribution in [2.24, 2.45) is 5.92 Å². The molecule has 0 bridgehead atoms. The molecule has 0 aliphatic carbocycles. The molecule has 0 aromatic heterocycles. The lowest BCUT2D eigenvalue weighted by Crippen LogP contribution is -2.15. The number of nitrogens with one attached hydrogen (secondary N) is 1. The van der Waals surface area contributed by atoms with Gasteiger partial charge in [0.25, 0.3) is 0 Å². The lowest BCUT2D eigenvalue weighted by molar-refractivity contribution is -0.137. The lowest BCUT2D eigenvalue weighted by atomic mass is 10.1. The van der Waals surface area contributed by atoms with E-state index in [-0.39, 0.29) is 0 Å². The maximum atomic E-state index is 12.6. The highest BCUT2D eigenvalue weighted by Crippen LogP contribution is 2.34. The van der Waals surface area contributed by atoms with Crippen molar-refractivity contribution in [3.8, 4) is 0 Å². The zero-order valence-corrected chi connectivity index (χ0v) is 11.1. The summed E-state index contributed by atoms with van der Waals surface area (Å²) in [5, 5.41) is 3.04. The molecule has 0 amide bonds. The monoisotopic (exact) mass is 323 g/mol. The Kier molecular flexibility index (Phi) is 4.17. The maximum Gasteiger partial charge on any atom is 0.416 e. The van der Waals surface area contributed by atoms with Gasteiger partial charge in [-0.1, -0.05) is 0 Å². The molecule has 0 saturated carbocycles. The van der Waals surface area contributed by atoms with Crippen LogP contribution in [0, 0.1) is 5.92 Å². The fourth-order valence-corrected chi connectivity index (χ4v) is 2.22. The lowest BCUT2D eigenvalue weighted by Gasteiger charge is -2.14. The van der Waals surface area contributed by atoms with Crippen molar-refractivity contribution in [3.63, 3.8) is 0 Å². The van der Waals surface area contributed by atoms with Crippen LogP contribution in [0.15, 0.2) is 22.7 Å². The molecule has 1 heterocycles. The van der Waals surface area contributed by atoms with Crippen LogP contribution in [0.5, 0.6) is 0 Å². The van der Waals surface area contributed by atoms with Gasteiger partial charge in [0.1, 0.15) is 0 Å². The molecule has 1 N–H and O–H groups in total. The number of rotatable bonds is 3. The van der Waals surface area contributed by atoms with Gasteiger partial charge in [0.05, 0.1) is 12.2 Å². The van der Waals surface area contributed by atoms with Gasteiger partial charge >= 0.3 is 6.18 Å². The molecule has 2 nitrogen and oxygen atoms in total. The van der Waals surface area contributed by atoms with Gasteiger partial charge in [0.15, 0.2) is 0 Å². The molecule has 6 heteroatoms. The van der Waals surface area contributed by atoms with Crippen molar-refractivity contribution in [2.75, 3.05) is 25.1 Å². The molecular formula is C12H13BrF3NO. The molecule has 1 atom stereocenters. The minimum atomic E-state index is -4.31. The van der Waals surface area contributed by atoms with E-state index in [4.69, 9.17) is 4.74 Å². The number of alkyl halides is 3. The average Bonchev–Trinajstić information content (AvgIpc) is 2.79. The van der Waals surface area contributed by atoms with E-state index in [1.807, 2.05) is 0 Å². The third-order valence-corrected chi connectivity index (χ3v) is 3.59. The number of anilines is 1. The molecule has 100 valence electrons. The summed E-state index contributed by atoms with van der Waals surface area (Å²) in [6.07, 6.45) is -3.36. The summed E-state index contributed by atoms with van der Waals surface area (Å²) >= 11 is 3.25. The second kappa shape index (κ2) is 5.48. The number of halogens is 4. The number of hydrogen-bond acceptors (Lipinski definition) is 2. The molecule has 1 saturated heterocycles. The SMILES string of the molecule is FC(F)(F)c1ccc(Br)c(NCC2CCOC2)c1. The van der Waals surface area contributed by atoms with Crippen LogP contribution in [0.2, 0.25) is 0 Å². The first-order chi connectivity index (χ1) is 8.47. The Hall–Kier alpha value is -0.750. The number of ether oxygens (including phenoxy) is 1. The first kappa shape index (κ1) is 13.7. The summed E-state index contributed by atoms with van der Waals surface area (Å²) in [5.41, 5.74) is -0.174. The number of hydrogen-bond donors (Lipinski definition) is 1. The molecule has 18 heavy (non-hydrogen) atoms. The van der Waals surface area contributed by atoms with Gasteiger partial charge in [0.2, 0.25) is 0 Å². The van der Waals surface area contributed by atoms with Crippen LogP contribution >= 0.6 is 15.9 Å². The Bertz CT molecular complexity index is 416. The highest BCUT2D eigenvalue weighted by molar-refractivity contribution is 9.10. The predicted molar refractivity (Wildman–Crippen MR) is 66.6 cm³/mol. The van der Waals surface area contributed by atoms with Crippen LogP contribution in [-0.4, -0.2) is 19.8 Å². The summed E-state index contributed by atoms with van der Waals surface area (Å²) in [5.74, 6) is 0.367. The van der Waals surface area contributed by atoms with Gasteiger partial charge in [-0.25, -0.2) is 0 Å². The van der Waals surface area contributed by atoms with Crippen LogP contribution in [0.3, 0.4) is 0 Å². The van der Waals surface area contributed by atoms with E-state index in [0.29, 0.717) is 29.2 Å². The summed E-state index contributed by atoms with van der Waals surface area (Å²) in [6.45, 7) is 2.03. The third-order valence-electron chi connectivity index (χ3n) is 2.90. The minimum Gasteiger partial charge on any atom is -0.384 e. The molecule has 1 aliphatic heterocycles. The quantitative estimate of drug-likeness (QED) is 0.910. The smallest absolute Gasteiger partial charge is 0.384 e. The molecule has 1 aromatic carbocycles. The second-order valence-electron chi connectivity index (χ2n) is 4.30. The number of benzene rings is 1. The molecule has 0 spiro atoms. The van der Waals surface area contributed by atoms with E-state index in [2.05, 4.69) is 21.2 Å². The van der Waals surface area contributed by atoms with Crippen molar-refractivity contribution >= 4 is 21.6 Å². The topological polar surface area (TPSA) is 21.3 Å². The Morgan fingerprint density at radius 1 is 1.39 bits per heavy atom. The fourth-order valence-electron chi connectivity index (χ4n) is 1.84. The van der Waals surface area contributed by atoms with Crippen LogP contribution in [0.4, 0.5) is 18.9 Å². The van der Waals surface area contributed by atoms with Gasteiger partial charge in [-0.2, -0.15) is 13.2 Å². The van der Waals surface area contributed by atoms with E-state index in [1.54, 1.807) is 0 Å². The van der Waals surface area contributed by atoms with Crippen molar-refractivity contribution in [3.05, 3.63) is 28.2 Å². The standard InChI is InChI=1S/C12H13BrF3NO/c13-10-2-1-9(12(14,15)16)5-11(10)17-6-8-3-4-18-7-8/h1-2,5,8,17H,3-4,6-7H2. The van der Waals surface area contributed by atoms with Crippen molar-refractivity contribution in [1.29, 1.82) is 0 Å². The Morgan fingerprint density at radius 2 is 2.17 bits per heavy atom. The summed E-state index contributed by atoms with van der Waals surface area (Å²) < 4.78 is 43.6. The molecule has 1 aromatic rings. The largest absolute Gasteiger partial charge is 0.416 e. The van der Waals surface area contributed by atoms with E-state index in [0.717, 1.165) is 25.2 Å². The van der Waals surface area contributed by atoms with E-state index in [9.17, 15) is 13.2 Å². The molecule has 2 rings (SSSR count). The van der Waals surface area contributed by atoms with Crippen LogP contribution < -0.4 is 5.32 Å². The van der Waals surface area contributed by atoms with E-state index in [1.165, 1.54) is 6.07 Å². The molecule has 0 radical (unpaired) electrons. The van der Waals surface area contributed by atoms with Crippen molar-refractivity contribution < 1.29 is 17.9 Å². The third kappa shape index (κ3) is 3.38. The highest BCUT2D eigenvalue weighted by Gasteiger charge is 2.31. The molecule has 1 aliphatic rings. The minimum absolute atomic E-state index is 0.367. The van der Waals surface area contributed by atoms with Crippen molar-refractivity contribution in [1.82, 2.24) is 0 Å². The predicted octanol–water partition coefficient (Wildman–Crippen LogP) is 3.92. The first-order valence-corrected chi connectivity index (χ1v) is 6.44. The normalized spacial score (nSPS) is 20.1. The Balaban J connectivity index is 2.06. The Morgan fingerprint density at radius 3 is 2.78 bits per heavy atom. The maximum absolute atomic E-state index is 12.6. The van der Waals surface area contributed by atoms with Crippen molar-refractivity contribution in [2.45, 2.75) is 12.6 Å². The summed E-state index contributed by atoms with van der Waals surface area (Å²) in [6, 6.07) is 3.60. The average molecular weight is 324 g/mol. The first-order valence-electron chi connectivity index (χ1n) is 5.65. The molecule has 1 fully saturated rings. The summed E-state index contributed by atoms with van der Waals surface area (Å²) in [4.78, 5) is 0. The van der Waals surface area contributed by atoms with Crippen LogP contribution in [0.1, 0.15) is 12.0 Å². The van der Waals surface area contributed by atoms with Crippen LogP contribution in [0.25, 0.3) is 0 Å². The van der Waals surface area contributed by atoms with Gasteiger partial charge in [0, 0.05) is 29.2 Å². The highest BCUT2D eigenvalue weighted by atomic mass is 79.9. The van der Waals surface area contributed by atoms with Gasteiger partial charge < -0.3 is 10.1 Å². The molecular weight excluding hydrogens is 311 g/mol. The zero-order valence-electron chi connectivity index (χ0n) is 9.56. The fraction of sp³-hybridized carbons (Fsp3) is 0.500. The van der Waals surface area contributed by atoms with Gasteiger partial charge in [-0.15, -0.1) is 0 Å². The van der Waals surface area contributed by atoms with Gasteiger partial charge in [-0.05, 0) is 40.5 Å². The van der Waals surface area contributed by atoms with E-state index < -0.39 is 11.7 Å². The Labute approximate surface area is 112 Å².